The van der Waals surface area contributed by atoms with Crippen LogP contribution in [-0.2, 0) is 10.8 Å². The third-order valence-corrected chi connectivity index (χ3v) is 12.4. The predicted octanol–water partition coefficient (Wildman–Crippen LogP) is 11.4. The third kappa shape index (κ3) is 7.30. The second kappa shape index (κ2) is 15.0. The van der Waals surface area contributed by atoms with Gasteiger partial charge in [-0.2, -0.15) is 0 Å². The Labute approximate surface area is 321 Å². The molecule has 4 nitrogen and oxygen atoms in total. The first-order chi connectivity index (χ1) is 25.2. The van der Waals surface area contributed by atoms with Gasteiger partial charge in [0, 0.05) is 33.2 Å². The fourth-order valence-electron chi connectivity index (χ4n) is 7.42. The van der Waals surface area contributed by atoms with Crippen molar-refractivity contribution in [3.05, 3.63) is 171 Å². The minimum absolute atomic E-state index is 0.151. The van der Waals surface area contributed by atoms with Gasteiger partial charge in [0.15, 0.2) is 0 Å². The van der Waals surface area contributed by atoms with Gasteiger partial charge in [0.1, 0.15) is 23.0 Å². The van der Waals surface area contributed by atoms with Gasteiger partial charge >= 0.3 is 0 Å². The van der Waals surface area contributed by atoms with E-state index < -0.39 is 16.7 Å². The van der Waals surface area contributed by atoms with Gasteiger partial charge in [0.25, 0.3) is 0 Å². The van der Waals surface area contributed by atoms with E-state index in [0.717, 1.165) is 72.3 Å². The van der Waals surface area contributed by atoms with E-state index in [4.69, 9.17) is 4.74 Å². The van der Waals surface area contributed by atoms with Crippen LogP contribution in [0.15, 0.2) is 115 Å². The Morgan fingerprint density at radius 3 is 1.57 bits per heavy atom. The molecule has 6 aromatic carbocycles. The molecule has 0 saturated heterocycles. The summed E-state index contributed by atoms with van der Waals surface area (Å²) in [5.74, 6) is 0.965. The van der Waals surface area contributed by atoms with E-state index in [0.29, 0.717) is 5.56 Å². The van der Waals surface area contributed by atoms with Crippen LogP contribution in [-0.4, -0.2) is 22.4 Å². The zero-order valence-corrected chi connectivity index (χ0v) is 33.6. The number of rotatable bonds is 10. The molecular weight excluding hydrogens is 692 g/mol. The van der Waals surface area contributed by atoms with Crippen LogP contribution < -0.4 is 10.0 Å². The SMILES string of the molecule is COc1ccc(C(C)(C)c2cc(C)c(O)c(C(c3ccc(-c4ccccc4)cc3)c3cc(C(C)(C)c4ccc(O)c(PS)c4)cc(C)c3O)c2)cc1C. The highest BCUT2D eigenvalue weighted by Crippen LogP contribution is 2.47. The smallest absolute Gasteiger partial charge is 0.123 e. The van der Waals surface area contributed by atoms with Crippen LogP contribution in [0.5, 0.6) is 23.0 Å². The summed E-state index contributed by atoms with van der Waals surface area (Å²) in [4.78, 5) is 0. The molecule has 0 aliphatic carbocycles. The van der Waals surface area contributed by atoms with Crippen LogP contribution in [0.25, 0.3) is 11.1 Å². The highest BCUT2D eigenvalue weighted by molar-refractivity contribution is 8.40. The van der Waals surface area contributed by atoms with Crippen LogP contribution in [0.4, 0.5) is 0 Å². The van der Waals surface area contributed by atoms with Crippen LogP contribution in [0.2, 0.25) is 0 Å². The molecule has 0 heterocycles. The number of benzene rings is 6. The monoisotopic (exact) mass is 740 g/mol. The lowest BCUT2D eigenvalue weighted by Crippen LogP contribution is -2.22. The molecule has 2 unspecified atom stereocenters. The maximum Gasteiger partial charge on any atom is 0.123 e. The molecule has 6 rings (SSSR count). The van der Waals surface area contributed by atoms with Crippen molar-refractivity contribution in [3.63, 3.8) is 0 Å². The molecule has 0 aliphatic heterocycles. The second-order valence-corrected chi connectivity index (χ2v) is 16.6. The summed E-state index contributed by atoms with van der Waals surface area (Å²) in [7, 11) is 1.84. The summed E-state index contributed by atoms with van der Waals surface area (Å²) in [6.45, 7) is 14.7. The molecule has 6 aromatic rings. The van der Waals surface area contributed by atoms with E-state index in [1.807, 2.05) is 56.3 Å². The molecule has 53 heavy (non-hydrogen) atoms. The van der Waals surface area contributed by atoms with E-state index in [9.17, 15) is 15.3 Å². The van der Waals surface area contributed by atoms with Gasteiger partial charge in [-0.3, -0.25) is 0 Å². The quantitative estimate of drug-likeness (QED) is 0.0641. The van der Waals surface area contributed by atoms with E-state index in [1.165, 1.54) is 0 Å². The van der Waals surface area contributed by atoms with Crippen LogP contribution in [0, 0.1) is 20.8 Å². The standard InChI is InChI=1S/C47H49O4PS/c1-28-22-34(19-21-41(28)51-8)46(4,5)36-23-29(2)44(49)38(25-36)43(33-16-14-32(15-17-33)31-12-10-9-11-13-31)39-26-37(24-30(3)45(39)50)47(6,7)35-18-20-40(48)42(27-35)52-53/h9-27,43,48-50,52-53H,1-8H3. The molecule has 272 valence electrons. The highest BCUT2D eigenvalue weighted by atomic mass is 32.7. The molecule has 6 heteroatoms. The van der Waals surface area contributed by atoms with E-state index in [2.05, 4.69) is 114 Å². The molecule has 0 amide bonds. The summed E-state index contributed by atoms with van der Waals surface area (Å²) in [5.41, 5.74) is 10.5. The molecule has 0 bridgehead atoms. The lowest BCUT2D eigenvalue weighted by molar-refractivity contribution is 0.411. The van der Waals surface area contributed by atoms with Crippen molar-refractivity contribution >= 4 is 25.3 Å². The maximum atomic E-state index is 12.0. The van der Waals surface area contributed by atoms with Crippen LogP contribution >= 0.6 is 20.0 Å². The minimum atomic E-state index is -0.504. The average Bonchev–Trinajstić information content (AvgIpc) is 3.15. The Morgan fingerprint density at radius 2 is 1.06 bits per heavy atom. The zero-order valence-electron chi connectivity index (χ0n) is 31.7. The predicted molar refractivity (Wildman–Crippen MR) is 226 cm³/mol. The van der Waals surface area contributed by atoms with E-state index in [1.54, 1.807) is 13.2 Å². The molecule has 0 aromatic heterocycles. The van der Waals surface area contributed by atoms with Gasteiger partial charge in [-0.05, 0) is 102 Å². The molecule has 0 spiro atoms. The van der Waals surface area contributed by atoms with Crippen molar-refractivity contribution in [2.45, 2.75) is 65.2 Å². The Balaban J connectivity index is 1.58. The first-order valence-electron chi connectivity index (χ1n) is 17.9. The largest absolute Gasteiger partial charge is 0.507 e. The van der Waals surface area contributed by atoms with Crippen molar-refractivity contribution in [1.29, 1.82) is 0 Å². The fraction of sp³-hybridized carbons (Fsp3) is 0.234. The lowest BCUT2D eigenvalue weighted by atomic mass is 9.73. The average molecular weight is 741 g/mol. The first kappa shape index (κ1) is 38.0. The van der Waals surface area contributed by atoms with Crippen molar-refractivity contribution in [1.82, 2.24) is 0 Å². The summed E-state index contributed by atoms with van der Waals surface area (Å²) in [6.07, 6.45) is 0. The van der Waals surface area contributed by atoms with Crippen molar-refractivity contribution in [3.8, 4) is 34.1 Å². The summed E-state index contributed by atoms with van der Waals surface area (Å²) >= 11 is 4.48. The van der Waals surface area contributed by atoms with Gasteiger partial charge in [0.2, 0.25) is 0 Å². The normalized spacial score (nSPS) is 12.7. The molecule has 0 aliphatic rings. The van der Waals surface area contributed by atoms with Gasteiger partial charge in [-0.25, -0.2) is 0 Å². The van der Waals surface area contributed by atoms with Gasteiger partial charge < -0.3 is 20.1 Å². The molecule has 3 N–H and O–H groups in total. The van der Waals surface area contributed by atoms with Crippen LogP contribution in [0.3, 0.4) is 0 Å². The number of aromatic hydroxyl groups is 3. The number of ether oxygens (including phenoxy) is 1. The first-order valence-corrected chi connectivity index (χ1v) is 20.2. The molecule has 2 atom stereocenters. The van der Waals surface area contributed by atoms with Crippen molar-refractivity contribution in [2.75, 3.05) is 7.11 Å². The Morgan fingerprint density at radius 1 is 0.566 bits per heavy atom. The fourth-order valence-corrected chi connectivity index (χ4v) is 8.37. The number of thiol groups is 1. The molecule has 0 fully saturated rings. The number of hydrogen-bond donors (Lipinski definition) is 4. The number of phenolic OH excluding ortho intramolecular Hbond substituents is 3. The number of hydrogen-bond acceptors (Lipinski definition) is 5. The minimum Gasteiger partial charge on any atom is -0.507 e. The van der Waals surface area contributed by atoms with Gasteiger partial charge in [-0.15, -0.1) is 12.2 Å². The number of aryl methyl sites for hydroxylation is 3. The van der Waals surface area contributed by atoms with E-state index in [-0.39, 0.29) is 25.0 Å². The topological polar surface area (TPSA) is 69.9 Å². The molecule has 0 radical (unpaired) electrons. The Kier molecular flexibility index (Phi) is 10.7. The number of methoxy groups -OCH3 is 1. The number of phenols is 3. The Bertz CT molecular complexity index is 2280. The van der Waals surface area contributed by atoms with E-state index >= 15 is 0 Å². The second-order valence-electron chi connectivity index (χ2n) is 15.2. The summed E-state index contributed by atoms with van der Waals surface area (Å²) in [5, 5.41) is 35.3. The lowest BCUT2D eigenvalue weighted by Gasteiger charge is -2.32. The summed E-state index contributed by atoms with van der Waals surface area (Å²) in [6, 6.07) is 39.0. The zero-order chi connectivity index (χ0) is 38.2. The Hall–Kier alpha value is -4.70. The van der Waals surface area contributed by atoms with Gasteiger partial charge in [-0.1, -0.05) is 125 Å². The third-order valence-electron chi connectivity index (χ3n) is 11.0. The van der Waals surface area contributed by atoms with Crippen LogP contribution in [0.1, 0.15) is 89.2 Å². The maximum absolute atomic E-state index is 12.0. The highest BCUT2D eigenvalue weighted by Gasteiger charge is 2.32. The van der Waals surface area contributed by atoms with Gasteiger partial charge in [0.05, 0.1) is 7.11 Å². The van der Waals surface area contributed by atoms with Crippen molar-refractivity contribution < 1.29 is 20.1 Å². The molecular formula is C47H49O4PS. The summed E-state index contributed by atoms with van der Waals surface area (Å²) < 4.78 is 5.57. The van der Waals surface area contributed by atoms with Crippen molar-refractivity contribution in [2.24, 2.45) is 0 Å². The molecule has 0 saturated carbocycles.